The van der Waals surface area contributed by atoms with Crippen LogP contribution in [0, 0.1) is 34.5 Å². The number of ether oxygens (including phenoxy) is 1. The molecule has 0 aromatic rings. The molecule has 3 rings (SSSR count). The first-order chi connectivity index (χ1) is 10.9. The zero-order chi connectivity index (χ0) is 18.3. The average Bonchev–Trinajstić information content (AvgIpc) is 2.42. The van der Waals surface area contributed by atoms with Gasteiger partial charge < -0.3 is 9.84 Å². The van der Waals surface area contributed by atoms with Crippen LogP contribution in [-0.4, -0.2) is 23.1 Å². The van der Waals surface area contributed by atoms with Gasteiger partial charge in [-0.3, -0.25) is 9.59 Å². The second-order valence-electron chi connectivity index (χ2n) is 9.62. The van der Waals surface area contributed by atoms with Crippen molar-refractivity contribution in [1.29, 1.82) is 0 Å². The Kier molecular flexibility index (Phi) is 5.17. The topological polar surface area (TPSA) is 63.6 Å². The monoisotopic (exact) mass is 336 g/mol. The molecular weight excluding hydrogens is 304 g/mol. The van der Waals surface area contributed by atoms with Gasteiger partial charge in [0.2, 0.25) is 0 Å². The molecule has 0 radical (unpaired) electrons. The summed E-state index contributed by atoms with van der Waals surface area (Å²) in [5, 5.41) is 9.79. The van der Waals surface area contributed by atoms with Crippen molar-refractivity contribution < 1.29 is 19.4 Å². The fourth-order valence-corrected chi connectivity index (χ4v) is 4.91. The Morgan fingerprint density at radius 1 is 1.04 bits per heavy atom. The van der Waals surface area contributed by atoms with Crippen LogP contribution in [0.5, 0.6) is 0 Å². The predicted molar refractivity (Wildman–Crippen MR) is 93.4 cm³/mol. The Hall–Kier alpha value is -1.32. The van der Waals surface area contributed by atoms with E-state index in [2.05, 4.69) is 12.2 Å². The molecule has 3 aliphatic carbocycles. The number of carboxylic acids is 1. The first kappa shape index (κ1) is 19.0. The van der Waals surface area contributed by atoms with E-state index in [0.29, 0.717) is 5.92 Å². The van der Waals surface area contributed by atoms with Crippen molar-refractivity contribution in [2.75, 3.05) is 0 Å². The minimum absolute atomic E-state index is 0.163. The molecule has 4 atom stereocenters. The van der Waals surface area contributed by atoms with Gasteiger partial charge in [-0.25, -0.2) is 0 Å². The van der Waals surface area contributed by atoms with Gasteiger partial charge in [-0.15, -0.1) is 0 Å². The van der Waals surface area contributed by atoms with E-state index in [1.165, 1.54) is 0 Å². The maximum Gasteiger partial charge on any atom is 0.320 e. The summed E-state index contributed by atoms with van der Waals surface area (Å²) in [7, 11) is 0. The van der Waals surface area contributed by atoms with Gasteiger partial charge in [0.1, 0.15) is 6.10 Å². The molecule has 0 aromatic heterocycles. The van der Waals surface area contributed by atoms with Crippen molar-refractivity contribution in [3.8, 4) is 0 Å². The van der Waals surface area contributed by atoms with Crippen molar-refractivity contribution in [3.05, 3.63) is 12.2 Å². The van der Waals surface area contributed by atoms with E-state index in [-0.39, 0.29) is 28.8 Å². The molecule has 0 heterocycles. The van der Waals surface area contributed by atoms with Gasteiger partial charge in [-0.1, -0.05) is 53.7 Å². The molecule has 2 bridgehead atoms. The van der Waals surface area contributed by atoms with Crippen molar-refractivity contribution >= 4 is 11.9 Å². The molecular formula is C20H32O4. The van der Waals surface area contributed by atoms with Gasteiger partial charge in [0, 0.05) is 5.92 Å². The summed E-state index contributed by atoms with van der Waals surface area (Å²) in [4.78, 5) is 24.8. The first-order valence-corrected chi connectivity index (χ1v) is 9.03. The Morgan fingerprint density at radius 3 is 1.96 bits per heavy atom. The third kappa shape index (κ3) is 4.01. The molecule has 4 nitrogen and oxygen atoms in total. The van der Waals surface area contributed by atoms with Gasteiger partial charge in [-0.05, 0) is 41.9 Å². The van der Waals surface area contributed by atoms with Gasteiger partial charge in [-0.2, -0.15) is 0 Å². The van der Waals surface area contributed by atoms with Crippen LogP contribution in [0.2, 0.25) is 0 Å². The molecule has 3 aliphatic rings. The molecule has 0 saturated heterocycles. The molecule has 136 valence electrons. The number of carbonyl (C=O) groups excluding carboxylic acids is 1. The SMILES string of the molecule is CC(C)(C)C(C(C(=O)O)C(=O)OC1CC2C=CC1CC2)C(C)(C)C. The maximum atomic E-state index is 12.8. The molecule has 4 unspecified atom stereocenters. The van der Waals surface area contributed by atoms with Crippen molar-refractivity contribution in [3.63, 3.8) is 0 Å². The van der Waals surface area contributed by atoms with E-state index in [4.69, 9.17) is 4.74 Å². The lowest BCUT2D eigenvalue weighted by molar-refractivity contribution is -0.174. The molecule has 1 N–H and O–H groups in total. The van der Waals surface area contributed by atoms with E-state index in [0.717, 1.165) is 19.3 Å². The van der Waals surface area contributed by atoms with Gasteiger partial charge >= 0.3 is 11.9 Å². The van der Waals surface area contributed by atoms with E-state index < -0.39 is 17.9 Å². The Bertz CT molecular complexity index is 507. The number of aliphatic carboxylic acids is 1. The number of allylic oxidation sites excluding steroid dienone is 1. The van der Waals surface area contributed by atoms with E-state index in [9.17, 15) is 14.7 Å². The summed E-state index contributed by atoms with van der Waals surface area (Å²) in [6, 6.07) is 0. The largest absolute Gasteiger partial charge is 0.481 e. The van der Waals surface area contributed by atoms with Crippen molar-refractivity contribution in [1.82, 2.24) is 0 Å². The van der Waals surface area contributed by atoms with Crippen LogP contribution in [0.1, 0.15) is 60.8 Å². The van der Waals surface area contributed by atoms with E-state index in [1.807, 2.05) is 41.5 Å². The molecule has 0 spiro atoms. The molecule has 0 aromatic carbocycles. The lowest BCUT2D eigenvalue weighted by Crippen LogP contribution is -2.47. The molecule has 24 heavy (non-hydrogen) atoms. The number of fused-ring (bicyclic) bond motifs is 2. The quantitative estimate of drug-likeness (QED) is 0.472. The standard InChI is InChI=1S/C20H32O4/c1-19(2,3)16(20(4,5)6)15(17(21)22)18(23)24-14-11-12-7-9-13(14)10-8-12/h7,9,12-16H,8,10-11H2,1-6H3,(H,21,22). The lowest BCUT2D eigenvalue weighted by Gasteiger charge is -2.44. The van der Waals surface area contributed by atoms with Crippen molar-refractivity contribution in [2.45, 2.75) is 66.9 Å². The molecule has 0 aliphatic heterocycles. The maximum absolute atomic E-state index is 12.8. The normalized spacial score (nSPS) is 28.0. The zero-order valence-electron chi connectivity index (χ0n) is 15.8. The number of esters is 1. The smallest absolute Gasteiger partial charge is 0.320 e. The summed E-state index contributed by atoms with van der Waals surface area (Å²) in [6.07, 6.45) is 7.18. The first-order valence-electron chi connectivity index (χ1n) is 9.03. The highest BCUT2D eigenvalue weighted by atomic mass is 16.5. The second-order valence-corrected chi connectivity index (χ2v) is 9.62. The number of carboxylic acid groups (broad SMARTS) is 1. The predicted octanol–water partition coefficient (Wildman–Crippen LogP) is 4.29. The van der Waals surface area contributed by atoms with Crippen molar-refractivity contribution in [2.24, 2.45) is 34.5 Å². The van der Waals surface area contributed by atoms with Crippen LogP contribution in [0.4, 0.5) is 0 Å². The van der Waals surface area contributed by atoms with Crippen LogP contribution < -0.4 is 0 Å². The molecule has 0 amide bonds. The van der Waals surface area contributed by atoms with E-state index in [1.54, 1.807) is 0 Å². The average molecular weight is 336 g/mol. The number of carbonyl (C=O) groups is 2. The number of hydrogen-bond acceptors (Lipinski definition) is 3. The summed E-state index contributed by atoms with van der Waals surface area (Å²) in [6.45, 7) is 12.0. The lowest BCUT2D eigenvalue weighted by atomic mass is 9.61. The van der Waals surface area contributed by atoms with Gasteiger partial charge in [0.25, 0.3) is 0 Å². The number of hydrogen-bond donors (Lipinski definition) is 1. The van der Waals surface area contributed by atoms with Crippen LogP contribution in [0.25, 0.3) is 0 Å². The summed E-state index contributed by atoms with van der Waals surface area (Å²) >= 11 is 0. The summed E-state index contributed by atoms with van der Waals surface area (Å²) in [5.41, 5.74) is -0.627. The van der Waals surface area contributed by atoms with Crippen LogP contribution >= 0.6 is 0 Å². The fourth-order valence-electron chi connectivity index (χ4n) is 4.91. The Balaban J connectivity index is 2.21. The minimum atomic E-state index is -1.13. The highest BCUT2D eigenvalue weighted by Crippen LogP contribution is 2.46. The number of rotatable bonds is 4. The third-order valence-electron chi connectivity index (χ3n) is 5.50. The third-order valence-corrected chi connectivity index (χ3v) is 5.50. The highest BCUT2D eigenvalue weighted by molar-refractivity contribution is 5.94. The molecule has 1 fully saturated rings. The minimum Gasteiger partial charge on any atom is -0.481 e. The highest BCUT2D eigenvalue weighted by Gasteiger charge is 2.49. The Labute approximate surface area is 145 Å². The molecule has 1 saturated carbocycles. The summed E-state index contributed by atoms with van der Waals surface area (Å²) < 4.78 is 5.75. The zero-order valence-corrected chi connectivity index (χ0v) is 15.8. The Morgan fingerprint density at radius 2 is 1.62 bits per heavy atom. The summed E-state index contributed by atoms with van der Waals surface area (Å²) in [5.74, 6) is -2.37. The van der Waals surface area contributed by atoms with Gasteiger partial charge in [0.15, 0.2) is 5.92 Å². The van der Waals surface area contributed by atoms with Crippen LogP contribution in [0.3, 0.4) is 0 Å². The van der Waals surface area contributed by atoms with E-state index >= 15 is 0 Å². The fraction of sp³-hybridized carbons (Fsp3) is 0.800. The second kappa shape index (κ2) is 6.53. The van der Waals surface area contributed by atoms with Crippen LogP contribution in [0.15, 0.2) is 12.2 Å². The van der Waals surface area contributed by atoms with Crippen LogP contribution in [-0.2, 0) is 14.3 Å². The van der Waals surface area contributed by atoms with Gasteiger partial charge in [0.05, 0.1) is 0 Å². The molecule has 4 heteroatoms.